The molecule has 0 radical (unpaired) electrons. The van der Waals surface area contributed by atoms with Gasteiger partial charge in [-0.25, -0.2) is 4.57 Å². The summed E-state index contributed by atoms with van der Waals surface area (Å²) in [5.74, 6) is 0.787. The van der Waals surface area contributed by atoms with Gasteiger partial charge in [0.15, 0.2) is 0 Å². The SMILES string of the molecule is CCOP(=O)(OCC)SCC(Cl)CCl. The minimum absolute atomic E-state index is 0.212. The van der Waals surface area contributed by atoms with Crippen molar-refractivity contribution in [3.05, 3.63) is 0 Å². The topological polar surface area (TPSA) is 35.5 Å². The molecule has 0 aromatic carbocycles. The maximum Gasteiger partial charge on any atom is 0.389 e. The van der Waals surface area contributed by atoms with Crippen molar-refractivity contribution in [2.24, 2.45) is 0 Å². The van der Waals surface area contributed by atoms with Gasteiger partial charge in [0.25, 0.3) is 0 Å². The van der Waals surface area contributed by atoms with Crippen LogP contribution in [0.5, 0.6) is 0 Å². The lowest BCUT2D eigenvalue weighted by atomic mass is 10.6. The second-order valence-corrected chi connectivity index (χ2v) is 7.37. The first-order valence-electron chi connectivity index (χ1n) is 4.31. The van der Waals surface area contributed by atoms with Crippen LogP contribution in [0.15, 0.2) is 0 Å². The van der Waals surface area contributed by atoms with E-state index in [1.807, 2.05) is 0 Å². The molecule has 7 heteroatoms. The average molecular weight is 281 g/mol. The van der Waals surface area contributed by atoms with Crippen LogP contribution in [0.3, 0.4) is 0 Å². The minimum atomic E-state index is -3.01. The van der Waals surface area contributed by atoms with E-state index < -0.39 is 6.80 Å². The number of alkyl halides is 2. The Morgan fingerprint density at radius 3 is 2.21 bits per heavy atom. The Bertz CT molecular complexity index is 184. The second kappa shape index (κ2) is 8.26. The monoisotopic (exact) mass is 280 g/mol. The van der Waals surface area contributed by atoms with Gasteiger partial charge in [-0.15, -0.1) is 23.2 Å². The zero-order valence-electron chi connectivity index (χ0n) is 8.24. The molecule has 0 bridgehead atoms. The smallest absolute Gasteiger partial charge is 0.301 e. The molecule has 0 fully saturated rings. The van der Waals surface area contributed by atoms with E-state index >= 15 is 0 Å². The highest BCUT2D eigenvalue weighted by atomic mass is 35.5. The van der Waals surface area contributed by atoms with Crippen LogP contribution in [-0.4, -0.2) is 30.2 Å². The van der Waals surface area contributed by atoms with Gasteiger partial charge in [0.05, 0.1) is 18.6 Å². The molecular weight excluding hydrogens is 266 g/mol. The number of hydrogen-bond donors (Lipinski definition) is 0. The van der Waals surface area contributed by atoms with Crippen molar-refractivity contribution < 1.29 is 13.6 Å². The summed E-state index contributed by atoms with van der Waals surface area (Å²) in [5.41, 5.74) is 0. The molecule has 0 N–H and O–H groups in total. The summed E-state index contributed by atoms with van der Waals surface area (Å²) in [6.07, 6.45) is 0. The van der Waals surface area contributed by atoms with E-state index in [0.29, 0.717) is 24.8 Å². The normalized spacial score (nSPS) is 14.3. The van der Waals surface area contributed by atoms with Gasteiger partial charge >= 0.3 is 6.80 Å². The fourth-order valence-corrected chi connectivity index (χ4v) is 4.82. The van der Waals surface area contributed by atoms with Crippen molar-refractivity contribution in [1.29, 1.82) is 0 Å². The molecule has 14 heavy (non-hydrogen) atoms. The summed E-state index contributed by atoms with van der Waals surface area (Å²) < 4.78 is 22.0. The Morgan fingerprint density at radius 2 is 1.86 bits per heavy atom. The first kappa shape index (κ1) is 15.1. The quantitative estimate of drug-likeness (QED) is 0.501. The van der Waals surface area contributed by atoms with Crippen LogP contribution in [0.2, 0.25) is 0 Å². The summed E-state index contributed by atoms with van der Waals surface area (Å²) in [7, 11) is 0. The summed E-state index contributed by atoms with van der Waals surface area (Å²) in [5, 5.41) is -0.212. The molecule has 1 atom stereocenters. The maximum absolute atomic E-state index is 11.9. The fraction of sp³-hybridized carbons (Fsp3) is 1.00. The van der Waals surface area contributed by atoms with Gasteiger partial charge < -0.3 is 9.05 Å². The third-order valence-electron chi connectivity index (χ3n) is 1.16. The third kappa shape index (κ3) is 6.54. The molecule has 0 aliphatic heterocycles. The molecule has 0 saturated carbocycles. The first-order chi connectivity index (χ1) is 6.58. The highest BCUT2D eigenvalue weighted by Gasteiger charge is 2.25. The summed E-state index contributed by atoms with van der Waals surface area (Å²) >= 11 is 12.4. The third-order valence-corrected chi connectivity index (χ3v) is 6.22. The van der Waals surface area contributed by atoms with E-state index in [0.717, 1.165) is 11.4 Å². The molecule has 3 nitrogen and oxygen atoms in total. The number of halogens is 2. The summed E-state index contributed by atoms with van der Waals surface area (Å²) in [4.78, 5) is 0. The maximum atomic E-state index is 11.9. The minimum Gasteiger partial charge on any atom is -0.301 e. The van der Waals surface area contributed by atoms with Gasteiger partial charge in [-0.1, -0.05) is 0 Å². The van der Waals surface area contributed by atoms with E-state index in [1.165, 1.54) is 0 Å². The standard InChI is InChI=1S/C7H15Cl2O3PS/c1-3-11-13(10,12-4-2)14-6-7(9)5-8/h7H,3-6H2,1-2H3. The molecular formula is C7H15Cl2O3PS. The fourth-order valence-electron chi connectivity index (χ4n) is 0.645. The molecule has 0 aromatic heterocycles. The van der Waals surface area contributed by atoms with E-state index in [2.05, 4.69) is 0 Å². The number of rotatable bonds is 8. The van der Waals surface area contributed by atoms with Crippen LogP contribution in [0.25, 0.3) is 0 Å². The summed E-state index contributed by atoms with van der Waals surface area (Å²) in [6, 6.07) is 0. The highest BCUT2D eigenvalue weighted by Crippen LogP contribution is 2.60. The Hall–Kier alpha value is 1.08. The Balaban J connectivity index is 4.02. The van der Waals surface area contributed by atoms with Crippen LogP contribution in [0.1, 0.15) is 13.8 Å². The lowest BCUT2D eigenvalue weighted by molar-refractivity contribution is 0.237. The molecule has 0 aliphatic rings. The van der Waals surface area contributed by atoms with Crippen LogP contribution in [0.4, 0.5) is 0 Å². The molecule has 0 aromatic rings. The average Bonchev–Trinajstić information content (AvgIpc) is 2.15. The first-order valence-corrected chi connectivity index (χ1v) is 8.42. The molecule has 1 unspecified atom stereocenters. The van der Waals surface area contributed by atoms with Crippen LogP contribution in [0, 0.1) is 0 Å². The van der Waals surface area contributed by atoms with E-state index in [-0.39, 0.29) is 5.38 Å². The van der Waals surface area contributed by atoms with E-state index in [9.17, 15) is 4.57 Å². The molecule has 86 valence electrons. The van der Waals surface area contributed by atoms with Crippen LogP contribution < -0.4 is 0 Å². The zero-order valence-corrected chi connectivity index (χ0v) is 11.5. The van der Waals surface area contributed by atoms with Crippen LogP contribution in [-0.2, 0) is 13.6 Å². The predicted molar refractivity (Wildman–Crippen MR) is 63.7 cm³/mol. The molecule has 0 spiro atoms. The molecule has 0 heterocycles. The molecule has 0 amide bonds. The van der Waals surface area contributed by atoms with Gasteiger partial charge in [0, 0.05) is 11.6 Å². The van der Waals surface area contributed by atoms with Gasteiger partial charge in [-0.05, 0) is 25.2 Å². The zero-order chi connectivity index (χ0) is 11.0. The highest BCUT2D eigenvalue weighted by molar-refractivity contribution is 8.55. The lowest BCUT2D eigenvalue weighted by Gasteiger charge is -2.16. The molecule has 0 saturated heterocycles. The van der Waals surface area contributed by atoms with E-state index in [1.54, 1.807) is 13.8 Å². The number of hydrogen-bond acceptors (Lipinski definition) is 4. The van der Waals surface area contributed by atoms with Crippen LogP contribution >= 0.6 is 41.4 Å². The van der Waals surface area contributed by atoms with Crippen molar-refractivity contribution in [2.75, 3.05) is 24.8 Å². The van der Waals surface area contributed by atoms with Crippen molar-refractivity contribution in [3.63, 3.8) is 0 Å². The van der Waals surface area contributed by atoms with Crippen molar-refractivity contribution in [2.45, 2.75) is 19.2 Å². The molecule has 0 aliphatic carbocycles. The predicted octanol–water partition coefficient (Wildman–Crippen LogP) is 3.75. The summed E-state index contributed by atoms with van der Waals surface area (Å²) in [6.45, 7) is 1.25. The van der Waals surface area contributed by atoms with Gasteiger partial charge in [0.2, 0.25) is 0 Å². The largest absolute Gasteiger partial charge is 0.389 e. The Labute approximate surface area is 99.1 Å². The van der Waals surface area contributed by atoms with Crippen molar-refractivity contribution in [3.8, 4) is 0 Å². The van der Waals surface area contributed by atoms with Crippen molar-refractivity contribution >= 4 is 41.4 Å². The van der Waals surface area contributed by atoms with Gasteiger partial charge in [-0.2, -0.15) is 0 Å². The van der Waals surface area contributed by atoms with E-state index in [4.69, 9.17) is 32.2 Å². The second-order valence-electron chi connectivity index (χ2n) is 2.33. The molecule has 0 rings (SSSR count). The Morgan fingerprint density at radius 1 is 1.36 bits per heavy atom. The lowest BCUT2D eigenvalue weighted by Crippen LogP contribution is -2.04. The van der Waals surface area contributed by atoms with Gasteiger partial charge in [0.1, 0.15) is 0 Å². The van der Waals surface area contributed by atoms with Gasteiger partial charge in [-0.3, -0.25) is 0 Å². The van der Waals surface area contributed by atoms with Crippen molar-refractivity contribution in [1.82, 2.24) is 0 Å². The Kier molecular flexibility index (Phi) is 8.89.